The van der Waals surface area contributed by atoms with E-state index in [9.17, 15) is 4.79 Å². The summed E-state index contributed by atoms with van der Waals surface area (Å²) in [5.41, 5.74) is 2.27. The molecule has 0 unspecified atom stereocenters. The molecule has 0 radical (unpaired) electrons. The number of hydrogen-bond acceptors (Lipinski definition) is 7. The summed E-state index contributed by atoms with van der Waals surface area (Å²) in [7, 11) is 1.37. The molecule has 1 heterocycles. The van der Waals surface area contributed by atoms with Gasteiger partial charge in [0.25, 0.3) is 0 Å². The van der Waals surface area contributed by atoms with E-state index >= 15 is 0 Å². The van der Waals surface area contributed by atoms with E-state index in [0.29, 0.717) is 11.0 Å². The lowest BCUT2D eigenvalue weighted by atomic mass is 10.0. The van der Waals surface area contributed by atoms with Crippen molar-refractivity contribution < 1.29 is 9.53 Å². The van der Waals surface area contributed by atoms with Gasteiger partial charge in [0, 0.05) is 5.69 Å². The Balaban J connectivity index is 1.94. The van der Waals surface area contributed by atoms with Crippen LogP contribution in [0, 0.1) is 0 Å². The minimum Gasteiger partial charge on any atom is -0.468 e. The van der Waals surface area contributed by atoms with Crippen LogP contribution in [0.15, 0.2) is 28.6 Å². The molecule has 2 rings (SSSR count). The molecular weight excluding hydrogens is 306 g/mol. The number of nitrogens with one attached hydrogen (secondary N) is 1. The normalized spacial score (nSPS) is 10.7. The van der Waals surface area contributed by atoms with E-state index in [1.807, 2.05) is 12.1 Å². The van der Waals surface area contributed by atoms with Crippen molar-refractivity contribution in [3.8, 4) is 0 Å². The Morgan fingerprint density at radius 2 is 2.05 bits per heavy atom. The molecule has 0 amide bonds. The Kier molecular flexibility index (Phi) is 5.58. The van der Waals surface area contributed by atoms with Crippen LogP contribution in [0.4, 0.5) is 10.8 Å². The number of anilines is 2. The Morgan fingerprint density at radius 1 is 1.33 bits per heavy atom. The number of carbonyl (C=O) groups is 1. The number of benzene rings is 1. The van der Waals surface area contributed by atoms with Gasteiger partial charge in [-0.25, -0.2) is 0 Å². The summed E-state index contributed by atoms with van der Waals surface area (Å²) >= 11 is 2.73. The third-order valence-electron chi connectivity index (χ3n) is 2.78. The van der Waals surface area contributed by atoms with E-state index < -0.39 is 0 Å². The smallest absolute Gasteiger partial charge is 0.316 e. The number of carbonyl (C=O) groups excluding carboxylic acids is 1. The van der Waals surface area contributed by atoms with Gasteiger partial charge in [-0.15, -0.1) is 10.2 Å². The van der Waals surface area contributed by atoms with Crippen LogP contribution in [-0.4, -0.2) is 29.0 Å². The van der Waals surface area contributed by atoms with Gasteiger partial charge in [-0.2, -0.15) is 0 Å². The van der Waals surface area contributed by atoms with Crippen LogP contribution in [0.25, 0.3) is 0 Å². The Bertz CT molecular complexity index is 597. The molecule has 1 aromatic heterocycles. The third kappa shape index (κ3) is 4.71. The maximum absolute atomic E-state index is 11.1. The second kappa shape index (κ2) is 7.42. The van der Waals surface area contributed by atoms with Gasteiger partial charge in [0.05, 0.1) is 12.9 Å². The third-order valence-corrected chi connectivity index (χ3v) is 4.72. The van der Waals surface area contributed by atoms with Gasteiger partial charge < -0.3 is 10.1 Å². The van der Waals surface area contributed by atoms with E-state index in [1.54, 1.807) is 0 Å². The maximum Gasteiger partial charge on any atom is 0.316 e. The molecule has 0 saturated heterocycles. The lowest BCUT2D eigenvalue weighted by molar-refractivity contribution is -0.137. The van der Waals surface area contributed by atoms with E-state index in [-0.39, 0.29) is 11.7 Å². The highest BCUT2D eigenvalue weighted by molar-refractivity contribution is 8.01. The molecule has 0 aliphatic carbocycles. The standard InChI is InChI=1S/C14H17N3O2S2/c1-9(2)10-4-6-11(7-5-10)15-13-16-17-14(21-13)20-8-12(18)19-3/h4-7,9H,8H2,1-3H3,(H,15,16). The highest BCUT2D eigenvalue weighted by atomic mass is 32.2. The fourth-order valence-electron chi connectivity index (χ4n) is 1.57. The van der Waals surface area contributed by atoms with Crippen molar-refractivity contribution in [1.82, 2.24) is 10.2 Å². The van der Waals surface area contributed by atoms with Crippen molar-refractivity contribution in [2.24, 2.45) is 0 Å². The summed E-state index contributed by atoms with van der Waals surface area (Å²) in [6.45, 7) is 4.33. The van der Waals surface area contributed by atoms with Gasteiger partial charge in [-0.3, -0.25) is 4.79 Å². The van der Waals surface area contributed by atoms with Crippen LogP contribution in [0.3, 0.4) is 0 Å². The lowest BCUT2D eigenvalue weighted by Crippen LogP contribution is -2.02. The SMILES string of the molecule is COC(=O)CSc1nnc(Nc2ccc(C(C)C)cc2)s1. The van der Waals surface area contributed by atoms with Crippen LogP contribution >= 0.6 is 23.1 Å². The molecule has 0 saturated carbocycles. The molecule has 1 N–H and O–H groups in total. The van der Waals surface area contributed by atoms with Gasteiger partial charge in [0.2, 0.25) is 5.13 Å². The first-order valence-electron chi connectivity index (χ1n) is 6.48. The van der Waals surface area contributed by atoms with Crippen molar-refractivity contribution in [3.63, 3.8) is 0 Å². The quantitative estimate of drug-likeness (QED) is 0.646. The van der Waals surface area contributed by atoms with Crippen LogP contribution in [0.1, 0.15) is 25.3 Å². The van der Waals surface area contributed by atoms with Crippen molar-refractivity contribution in [1.29, 1.82) is 0 Å². The van der Waals surface area contributed by atoms with Gasteiger partial charge in [-0.1, -0.05) is 49.1 Å². The first-order chi connectivity index (χ1) is 10.1. The van der Waals surface area contributed by atoms with Gasteiger partial charge >= 0.3 is 5.97 Å². The number of aromatic nitrogens is 2. The first-order valence-corrected chi connectivity index (χ1v) is 8.29. The predicted octanol–water partition coefficient (Wildman–Crippen LogP) is 3.67. The van der Waals surface area contributed by atoms with Crippen LogP contribution in [-0.2, 0) is 9.53 Å². The second-order valence-electron chi connectivity index (χ2n) is 4.64. The fraction of sp³-hybridized carbons (Fsp3) is 0.357. The van der Waals surface area contributed by atoms with Crippen molar-refractivity contribution in [2.45, 2.75) is 24.1 Å². The summed E-state index contributed by atoms with van der Waals surface area (Å²) in [5.74, 6) is 0.490. The lowest BCUT2D eigenvalue weighted by Gasteiger charge is -2.06. The fourth-order valence-corrected chi connectivity index (χ4v) is 3.18. The number of thioether (sulfide) groups is 1. The van der Waals surface area contributed by atoms with Gasteiger partial charge in [0.15, 0.2) is 4.34 Å². The highest BCUT2D eigenvalue weighted by Crippen LogP contribution is 2.28. The highest BCUT2D eigenvalue weighted by Gasteiger charge is 2.08. The van der Waals surface area contributed by atoms with Crippen molar-refractivity contribution >= 4 is 39.9 Å². The molecule has 0 aliphatic heterocycles. The number of nitrogens with zero attached hydrogens (tertiary/aromatic N) is 2. The number of rotatable bonds is 6. The monoisotopic (exact) mass is 323 g/mol. The molecule has 0 fully saturated rings. The van der Waals surface area contributed by atoms with E-state index in [2.05, 4.69) is 46.2 Å². The molecule has 21 heavy (non-hydrogen) atoms. The zero-order valence-corrected chi connectivity index (χ0v) is 13.8. The second-order valence-corrected chi connectivity index (χ2v) is 6.84. The Morgan fingerprint density at radius 3 is 2.67 bits per heavy atom. The summed E-state index contributed by atoms with van der Waals surface area (Å²) in [6, 6.07) is 8.25. The minimum atomic E-state index is -0.269. The molecule has 0 spiro atoms. The number of esters is 1. The predicted molar refractivity (Wildman–Crippen MR) is 86.5 cm³/mol. The molecule has 5 nitrogen and oxygen atoms in total. The van der Waals surface area contributed by atoms with Crippen molar-refractivity contribution in [2.75, 3.05) is 18.2 Å². The zero-order chi connectivity index (χ0) is 15.2. The summed E-state index contributed by atoms with van der Waals surface area (Å²) in [5, 5.41) is 12.0. The summed E-state index contributed by atoms with van der Waals surface area (Å²) < 4.78 is 5.32. The first kappa shape index (κ1) is 15.8. The molecule has 7 heteroatoms. The maximum atomic E-state index is 11.1. The summed E-state index contributed by atoms with van der Waals surface area (Å²) in [6.07, 6.45) is 0. The van der Waals surface area contributed by atoms with Crippen molar-refractivity contribution in [3.05, 3.63) is 29.8 Å². The Labute approximate surface area is 132 Å². The average molecular weight is 323 g/mol. The molecule has 1 aromatic carbocycles. The topological polar surface area (TPSA) is 64.1 Å². The van der Waals surface area contributed by atoms with Crippen LogP contribution in [0.5, 0.6) is 0 Å². The van der Waals surface area contributed by atoms with E-state index in [0.717, 1.165) is 10.0 Å². The molecule has 0 atom stereocenters. The summed E-state index contributed by atoms with van der Waals surface area (Å²) in [4.78, 5) is 11.1. The molecular formula is C14H17N3O2S2. The van der Waals surface area contributed by atoms with E-state index in [4.69, 9.17) is 0 Å². The Hall–Kier alpha value is -1.60. The number of hydrogen-bond donors (Lipinski definition) is 1. The number of ether oxygens (including phenoxy) is 1. The molecule has 0 aliphatic rings. The van der Waals surface area contributed by atoms with E-state index in [1.165, 1.54) is 35.8 Å². The van der Waals surface area contributed by atoms with Gasteiger partial charge in [0.1, 0.15) is 0 Å². The minimum absolute atomic E-state index is 0.244. The largest absolute Gasteiger partial charge is 0.468 e. The zero-order valence-electron chi connectivity index (χ0n) is 12.1. The van der Waals surface area contributed by atoms with Gasteiger partial charge in [-0.05, 0) is 23.6 Å². The molecule has 2 aromatic rings. The number of methoxy groups -OCH3 is 1. The molecule has 0 bridgehead atoms. The molecule has 112 valence electrons. The van der Waals surface area contributed by atoms with Crippen LogP contribution < -0.4 is 5.32 Å². The average Bonchev–Trinajstić information content (AvgIpc) is 2.93. The van der Waals surface area contributed by atoms with Crippen LogP contribution in [0.2, 0.25) is 0 Å².